The number of anilines is 2. The Balaban J connectivity index is 1.86. The van der Waals surface area contributed by atoms with Crippen LogP contribution in [0.15, 0.2) is 40.2 Å². The second-order valence-corrected chi connectivity index (χ2v) is 5.97. The van der Waals surface area contributed by atoms with Crippen LogP contribution in [0.25, 0.3) is 10.2 Å². The van der Waals surface area contributed by atoms with E-state index in [2.05, 4.69) is 48.8 Å². The first-order chi connectivity index (χ1) is 9.76. The van der Waals surface area contributed by atoms with E-state index in [0.29, 0.717) is 12.5 Å². The van der Waals surface area contributed by atoms with Crippen LogP contribution in [-0.2, 0) is 6.54 Å². The van der Waals surface area contributed by atoms with Crippen LogP contribution in [0.5, 0.6) is 0 Å². The Kier molecular flexibility index (Phi) is 3.81. The van der Waals surface area contributed by atoms with Crippen LogP contribution in [0.2, 0.25) is 0 Å². The Hall–Kier alpha value is -1.70. The molecule has 102 valence electrons. The minimum absolute atomic E-state index is 0.415. The summed E-state index contributed by atoms with van der Waals surface area (Å²) in [6, 6.07) is 10.2. The second-order valence-electron chi connectivity index (χ2n) is 4.16. The summed E-state index contributed by atoms with van der Waals surface area (Å²) in [7, 11) is 0. The van der Waals surface area contributed by atoms with Gasteiger partial charge in [-0.15, -0.1) is 11.3 Å². The van der Waals surface area contributed by atoms with Crippen molar-refractivity contribution in [1.29, 1.82) is 0 Å². The monoisotopic (exact) mass is 349 g/mol. The lowest BCUT2D eigenvalue weighted by atomic mass is 10.2. The smallest absolute Gasteiger partial charge is 0.240 e. The summed E-state index contributed by atoms with van der Waals surface area (Å²) in [5, 5.41) is 6.33. The van der Waals surface area contributed by atoms with Gasteiger partial charge < -0.3 is 5.32 Å². The summed E-state index contributed by atoms with van der Waals surface area (Å²) >= 11 is 4.99. The van der Waals surface area contributed by atoms with E-state index < -0.39 is 0 Å². The first-order valence-corrected chi connectivity index (χ1v) is 7.64. The minimum atomic E-state index is 0.415. The molecule has 20 heavy (non-hydrogen) atoms. The molecule has 0 saturated heterocycles. The van der Waals surface area contributed by atoms with Crippen LogP contribution >= 0.6 is 27.3 Å². The Morgan fingerprint density at radius 2 is 1.95 bits per heavy atom. The van der Waals surface area contributed by atoms with Crippen molar-refractivity contribution < 1.29 is 0 Å². The lowest BCUT2D eigenvalue weighted by Crippen LogP contribution is -2.12. The summed E-state index contributed by atoms with van der Waals surface area (Å²) in [6.07, 6.45) is 0. The highest BCUT2D eigenvalue weighted by Crippen LogP contribution is 2.26. The molecule has 0 spiro atoms. The Morgan fingerprint density at radius 1 is 1.15 bits per heavy atom. The lowest BCUT2D eigenvalue weighted by molar-refractivity contribution is 1.09. The number of hydrogen-bond donors (Lipinski definition) is 3. The SMILES string of the molecule is NNc1nc(NCc2ccc(Br)cc2)c2ccsc2n1. The van der Waals surface area contributed by atoms with Gasteiger partial charge in [0.15, 0.2) is 0 Å². The van der Waals surface area contributed by atoms with E-state index in [1.807, 2.05) is 23.6 Å². The number of nitrogens with zero attached hydrogens (tertiary/aromatic N) is 2. The molecule has 0 amide bonds. The van der Waals surface area contributed by atoms with Crippen molar-refractivity contribution in [3.8, 4) is 0 Å². The number of nitrogens with two attached hydrogens (primary N) is 1. The number of aromatic nitrogens is 2. The van der Waals surface area contributed by atoms with Crippen molar-refractivity contribution >= 4 is 49.2 Å². The van der Waals surface area contributed by atoms with E-state index in [0.717, 1.165) is 20.5 Å². The van der Waals surface area contributed by atoms with E-state index in [-0.39, 0.29) is 0 Å². The number of fused-ring (bicyclic) bond motifs is 1. The van der Waals surface area contributed by atoms with Crippen molar-refractivity contribution in [2.75, 3.05) is 10.7 Å². The zero-order valence-corrected chi connectivity index (χ0v) is 12.8. The molecule has 1 aromatic carbocycles. The third-order valence-electron chi connectivity index (χ3n) is 2.83. The number of benzene rings is 1. The van der Waals surface area contributed by atoms with Crippen molar-refractivity contribution in [1.82, 2.24) is 9.97 Å². The molecule has 0 atom stereocenters. The van der Waals surface area contributed by atoms with Gasteiger partial charge in [0.05, 0.1) is 5.39 Å². The van der Waals surface area contributed by atoms with Crippen LogP contribution in [0.3, 0.4) is 0 Å². The highest BCUT2D eigenvalue weighted by molar-refractivity contribution is 9.10. The van der Waals surface area contributed by atoms with Crippen LogP contribution in [0.1, 0.15) is 5.56 Å². The molecule has 7 heteroatoms. The van der Waals surface area contributed by atoms with E-state index in [1.165, 1.54) is 5.56 Å². The topological polar surface area (TPSA) is 75.9 Å². The molecule has 0 bridgehead atoms. The summed E-state index contributed by atoms with van der Waals surface area (Å²) in [5.74, 6) is 6.60. The van der Waals surface area contributed by atoms with Gasteiger partial charge in [-0.25, -0.2) is 10.8 Å². The van der Waals surface area contributed by atoms with Gasteiger partial charge in [-0.2, -0.15) is 4.98 Å². The first-order valence-electron chi connectivity index (χ1n) is 5.96. The van der Waals surface area contributed by atoms with E-state index in [4.69, 9.17) is 5.84 Å². The quantitative estimate of drug-likeness (QED) is 0.497. The predicted molar refractivity (Wildman–Crippen MR) is 86.7 cm³/mol. The molecule has 0 aliphatic carbocycles. The number of halogens is 1. The maximum atomic E-state index is 5.40. The largest absolute Gasteiger partial charge is 0.365 e. The van der Waals surface area contributed by atoms with Crippen LogP contribution < -0.4 is 16.6 Å². The van der Waals surface area contributed by atoms with Crippen molar-refractivity contribution in [3.63, 3.8) is 0 Å². The van der Waals surface area contributed by atoms with Crippen LogP contribution in [0, 0.1) is 0 Å². The molecular weight excluding hydrogens is 338 g/mol. The fraction of sp³-hybridized carbons (Fsp3) is 0.0769. The maximum Gasteiger partial charge on any atom is 0.240 e. The van der Waals surface area contributed by atoms with Crippen molar-refractivity contribution in [3.05, 3.63) is 45.7 Å². The summed E-state index contributed by atoms with van der Waals surface area (Å²) in [6.45, 7) is 0.694. The van der Waals surface area contributed by atoms with Crippen LogP contribution in [-0.4, -0.2) is 9.97 Å². The Morgan fingerprint density at radius 3 is 2.70 bits per heavy atom. The summed E-state index contributed by atoms with van der Waals surface area (Å²) in [4.78, 5) is 9.58. The van der Waals surface area contributed by atoms with Gasteiger partial charge in [0, 0.05) is 11.0 Å². The van der Waals surface area contributed by atoms with Gasteiger partial charge in [0.25, 0.3) is 0 Å². The molecule has 3 rings (SSSR count). The summed E-state index contributed by atoms with van der Waals surface area (Å²) < 4.78 is 1.07. The Bertz CT molecular complexity index is 725. The molecule has 2 heterocycles. The number of nitrogen functional groups attached to an aromatic ring is 1. The fourth-order valence-electron chi connectivity index (χ4n) is 1.84. The first kappa shape index (κ1) is 13.3. The molecule has 3 aromatic rings. The minimum Gasteiger partial charge on any atom is -0.365 e. The zero-order chi connectivity index (χ0) is 13.9. The molecule has 5 nitrogen and oxygen atoms in total. The second kappa shape index (κ2) is 5.74. The van der Waals surface area contributed by atoms with Gasteiger partial charge in [-0.05, 0) is 29.1 Å². The highest BCUT2D eigenvalue weighted by Gasteiger charge is 2.08. The molecule has 0 radical (unpaired) electrons. The molecule has 0 aliphatic rings. The molecule has 0 unspecified atom stereocenters. The van der Waals surface area contributed by atoms with Crippen molar-refractivity contribution in [2.24, 2.45) is 5.84 Å². The molecule has 0 saturated carbocycles. The number of hydrogen-bond acceptors (Lipinski definition) is 6. The molecule has 0 aliphatic heterocycles. The molecular formula is C13H12BrN5S. The number of thiophene rings is 1. The average molecular weight is 350 g/mol. The van der Waals surface area contributed by atoms with Crippen LogP contribution in [0.4, 0.5) is 11.8 Å². The van der Waals surface area contributed by atoms with Gasteiger partial charge in [-0.1, -0.05) is 28.1 Å². The third kappa shape index (κ3) is 2.74. The maximum absolute atomic E-state index is 5.40. The third-order valence-corrected chi connectivity index (χ3v) is 4.16. The lowest BCUT2D eigenvalue weighted by Gasteiger charge is -2.08. The standard InChI is InChI=1S/C13H12BrN5S/c14-9-3-1-8(2-4-9)7-16-11-10-5-6-20-12(10)18-13(17-11)19-15/h1-6H,7,15H2,(H2,16,17,18,19). The van der Waals surface area contributed by atoms with E-state index >= 15 is 0 Å². The number of rotatable bonds is 4. The van der Waals surface area contributed by atoms with Gasteiger partial charge in [-0.3, -0.25) is 5.43 Å². The normalized spacial score (nSPS) is 10.7. The van der Waals surface area contributed by atoms with Gasteiger partial charge in [0.2, 0.25) is 5.95 Å². The van der Waals surface area contributed by atoms with Gasteiger partial charge in [0.1, 0.15) is 10.6 Å². The van der Waals surface area contributed by atoms with Gasteiger partial charge >= 0.3 is 0 Å². The average Bonchev–Trinajstić information content (AvgIpc) is 2.94. The van der Waals surface area contributed by atoms with Crippen molar-refractivity contribution in [2.45, 2.75) is 6.54 Å². The van der Waals surface area contributed by atoms with E-state index in [1.54, 1.807) is 11.3 Å². The zero-order valence-electron chi connectivity index (χ0n) is 10.4. The Labute approximate surface area is 128 Å². The fourth-order valence-corrected chi connectivity index (χ4v) is 2.87. The number of nitrogens with one attached hydrogen (secondary N) is 2. The molecule has 2 aromatic heterocycles. The highest BCUT2D eigenvalue weighted by atomic mass is 79.9. The number of hydrazine groups is 1. The predicted octanol–water partition coefficient (Wildman–Crippen LogP) is 3.35. The molecule has 4 N–H and O–H groups in total. The molecule has 0 fully saturated rings. The summed E-state index contributed by atoms with van der Waals surface area (Å²) in [5.41, 5.74) is 3.67. The van der Waals surface area contributed by atoms with E-state index in [9.17, 15) is 0 Å².